The summed E-state index contributed by atoms with van der Waals surface area (Å²) in [5, 5.41) is 25.1. The predicted octanol–water partition coefficient (Wildman–Crippen LogP) is 1.84. The van der Waals surface area contributed by atoms with Crippen LogP contribution in [-0.2, 0) is 17.9 Å². The van der Waals surface area contributed by atoms with E-state index in [1.54, 1.807) is 43.5 Å². The smallest absolute Gasteiger partial charge is 0.373 e. The molecule has 1 heterocycles. The zero-order valence-electron chi connectivity index (χ0n) is 15.5. The van der Waals surface area contributed by atoms with Crippen LogP contribution in [0, 0.1) is 11.3 Å². The highest BCUT2D eigenvalue weighted by Crippen LogP contribution is 2.17. The van der Waals surface area contributed by atoms with E-state index < -0.39 is 11.9 Å². The molecule has 9 heteroatoms. The van der Waals surface area contributed by atoms with Crippen LogP contribution in [0.4, 0.5) is 0 Å². The van der Waals surface area contributed by atoms with Crippen LogP contribution in [0.15, 0.2) is 48.5 Å². The number of methoxy groups -OCH3 is 1. The number of aromatic carboxylic acids is 1. The fraction of sp³-hybridized carbons (Fsp3) is 0.150. The largest absolute Gasteiger partial charge is 0.497 e. The minimum absolute atomic E-state index is 0.160. The molecule has 146 valence electrons. The van der Waals surface area contributed by atoms with E-state index in [1.807, 2.05) is 18.2 Å². The van der Waals surface area contributed by atoms with Crippen LogP contribution < -0.4 is 10.1 Å². The van der Waals surface area contributed by atoms with Gasteiger partial charge < -0.3 is 15.2 Å². The molecular formula is C20H17N5O4. The molecule has 1 aromatic heterocycles. The van der Waals surface area contributed by atoms with Gasteiger partial charge in [0.1, 0.15) is 12.3 Å². The van der Waals surface area contributed by atoms with Crippen molar-refractivity contribution < 1.29 is 19.4 Å². The molecule has 0 saturated carbocycles. The Kier molecular flexibility index (Phi) is 5.85. The summed E-state index contributed by atoms with van der Waals surface area (Å²) in [5.41, 5.74) is 1.85. The van der Waals surface area contributed by atoms with E-state index in [2.05, 4.69) is 15.4 Å². The molecule has 2 aromatic carbocycles. The first-order valence-electron chi connectivity index (χ1n) is 8.58. The Morgan fingerprint density at radius 2 is 2.00 bits per heavy atom. The van der Waals surface area contributed by atoms with Gasteiger partial charge in [-0.05, 0) is 42.0 Å². The topological polar surface area (TPSA) is 130 Å². The van der Waals surface area contributed by atoms with Gasteiger partial charge in [-0.2, -0.15) is 5.26 Å². The molecule has 3 rings (SSSR count). The second kappa shape index (κ2) is 8.67. The normalized spacial score (nSPS) is 10.2. The van der Waals surface area contributed by atoms with Crippen molar-refractivity contribution in [2.75, 3.05) is 7.11 Å². The molecule has 0 atom stereocenters. The van der Waals surface area contributed by atoms with Crippen molar-refractivity contribution in [3.05, 3.63) is 65.5 Å². The van der Waals surface area contributed by atoms with Gasteiger partial charge in [-0.3, -0.25) is 4.79 Å². The van der Waals surface area contributed by atoms with E-state index >= 15 is 0 Å². The first-order valence-corrected chi connectivity index (χ1v) is 8.58. The third kappa shape index (κ3) is 4.75. The molecule has 0 saturated heterocycles. The Hall–Kier alpha value is -4.19. The van der Waals surface area contributed by atoms with Crippen molar-refractivity contribution in [2.24, 2.45) is 0 Å². The zero-order chi connectivity index (χ0) is 20.8. The average molecular weight is 391 g/mol. The minimum Gasteiger partial charge on any atom is -0.497 e. The molecule has 0 spiro atoms. The maximum Gasteiger partial charge on any atom is 0.373 e. The molecule has 0 radical (unpaired) electrons. The van der Waals surface area contributed by atoms with Crippen LogP contribution in [0.3, 0.4) is 0 Å². The van der Waals surface area contributed by atoms with Gasteiger partial charge in [0.05, 0.1) is 18.7 Å². The maximum absolute atomic E-state index is 12.3. The van der Waals surface area contributed by atoms with E-state index in [1.165, 1.54) is 0 Å². The van der Waals surface area contributed by atoms with E-state index in [4.69, 9.17) is 10.00 Å². The number of hydrogen-bond acceptors (Lipinski definition) is 6. The number of carbonyl (C=O) groups excluding carboxylic acids is 1. The van der Waals surface area contributed by atoms with Crippen LogP contribution in [0.25, 0.3) is 11.4 Å². The van der Waals surface area contributed by atoms with Crippen molar-refractivity contribution in [1.29, 1.82) is 5.26 Å². The lowest BCUT2D eigenvalue weighted by molar-refractivity contribution is -0.122. The van der Waals surface area contributed by atoms with Gasteiger partial charge in [0, 0.05) is 12.1 Å². The first kappa shape index (κ1) is 19.6. The van der Waals surface area contributed by atoms with Crippen LogP contribution in [0.1, 0.15) is 21.7 Å². The highest BCUT2D eigenvalue weighted by Gasteiger charge is 2.19. The van der Waals surface area contributed by atoms with Crippen molar-refractivity contribution in [3.63, 3.8) is 0 Å². The number of carboxylic acids is 1. The van der Waals surface area contributed by atoms with Crippen LogP contribution in [-0.4, -0.2) is 38.9 Å². The highest BCUT2D eigenvalue weighted by molar-refractivity contribution is 5.85. The fourth-order valence-corrected chi connectivity index (χ4v) is 2.60. The summed E-state index contributed by atoms with van der Waals surface area (Å²) in [6.45, 7) is -0.0372. The summed E-state index contributed by atoms with van der Waals surface area (Å²) >= 11 is 0. The number of hydrogen-bond donors (Lipinski definition) is 2. The number of nitriles is 1. The van der Waals surface area contributed by atoms with Gasteiger partial charge in [-0.1, -0.05) is 12.1 Å². The summed E-state index contributed by atoms with van der Waals surface area (Å²) in [6.07, 6.45) is 0. The second-order valence-corrected chi connectivity index (χ2v) is 6.04. The Morgan fingerprint density at radius 3 is 2.66 bits per heavy atom. The van der Waals surface area contributed by atoms with E-state index in [-0.39, 0.29) is 24.7 Å². The van der Waals surface area contributed by atoms with Gasteiger partial charge in [-0.15, -0.1) is 5.10 Å². The fourth-order valence-electron chi connectivity index (χ4n) is 2.60. The molecule has 1 amide bonds. The number of benzene rings is 2. The van der Waals surface area contributed by atoms with Gasteiger partial charge in [0.2, 0.25) is 11.7 Å². The monoisotopic (exact) mass is 391 g/mol. The molecule has 2 N–H and O–H groups in total. The SMILES string of the molecule is COc1cccc(CNC(=O)Cn2nc(-c3ccc(C#N)cc3)nc2C(=O)O)c1. The van der Waals surface area contributed by atoms with Gasteiger partial charge >= 0.3 is 5.97 Å². The summed E-state index contributed by atoms with van der Waals surface area (Å²) < 4.78 is 6.18. The van der Waals surface area contributed by atoms with Gasteiger partial charge in [-0.25, -0.2) is 14.5 Å². The molecule has 0 unspecified atom stereocenters. The van der Waals surface area contributed by atoms with Crippen LogP contribution in [0.5, 0.6) is 5.75 Å². The molecule has 9 nitrogen and oxygen atoms in total. The third-order valence-corrected chi connectivity index (χ3v) is 4.05. The molecular weight excluding hydrogens is 374 g/mol. The predicted molar refractivity (Wildman–Crippen MR) is 102 cm³/mol. The number of rotatable bonds is 7. The van der Waals surface area contributed by atoms with E-state index in [0.717, 1.165) is 10.2 Å². The number of amides is 1. The third-order valence-electron chi connectivity index (χ3n) is 4.05. The van der Waals surface area contributed by atoms with E-state index in [9.17, 15) is 14.7 Å². The van der Waals surface area contributed by atoms with Crippen molar-refractivity contribution in [2.45, 2.75) is 13.1 Å². The lowest BCUT2D eigenvalue weighted by Crippen LogP contribution is -2.29. The molecule has 0 bridgehead atoms. The number of nitrogens with zero attached hydrogens (tertiary/aromatic N) is 4. The number of aromatic nitrogens is 3. The molecule has 3 aromatic rings. The average Bonchev–Trinajstić information content (AvgIpc) is 3.16. The summed E-state index contributed by atoms with van der Waals surface area (Å²) in [6, 6.07) is 15.6. The van der Waals surface area contributed by atoms with Gasteiger partial charge in [0.25, 0.3) is 0 Å². The standard InChI is InChI=1S/C20H17N5O4/c1-29-16-4-2-3-14(9-16)11-22-17(26)12-25-19(20(27)28)23-18(24-25)15-7-5-13(10-21)6-8-15/h2-9H,11-12H2,1H3,(H,22,26)(H,27,28). The van der Waals surface area contributed by atoms with E-state index in [0.29, 0.717) is 16.9 Å². The van der Waals surface area contributed by atoms with Crippen molar-refractivity contribution in [3.8, 4) is 23.2 Å². The molecule has 29 heavy (non-hydrogen) atoms. The Morgan fingerprint density at radius 1 is 1.24 bits per heavy atom. The second-order valence-electron chi connectivity index (χ2n) is 6.04. The Bertz CT molecular complexity index is 1080. The van der Waals surface area contributed by atoms with Crippen molar-refractivity contribution in [1.82, 2.24) is 20.1 Å². The number of nitrogens with one attached hydrogen (secondary N) is 1. The maximum atomic E-state index is 12.3. The van der Waals surface area contributed by atoms with Crippen LogP contribution >= 0.6 is 0 Å². The minimum atomic E-state index is -1.29. The summed E-state index contributed by atoms with van der Waals surface area (Å²) in [5.74, 6) is -1.22. The first-order chi connectivity index (χ1) is 14.0. The molecule has 0 aliphatic rings. The lowest BCUT2D eigenvalue weighted by atomic mass is 10.1. The quantitative estimate of drug-likeness (QED) is 0.628. The Labute approximate surface area is 166 Å². The zero-order valence-corrected chi connectivity index (χ0v) is 15.5. The number of carbonyl (C=O) groups is 2. The lowest BCUT2D eigenvalue weighted by Gasteiger charge is -2.07. The summed E-state index contributed by atoms with van der Waals surface area (Å²) in [4.78, 5) is 27.8. The van der Waals surface area contributed by atoms with Crippen LogP contribution in [0.2, 0.25) is 0 Å². The highest BCUT2D eigenvalue weighted by atomic mass is 16.5. The van der Waals surface area contributed by atoms with Gasteiger partial charge in [0.15, 0.2) is 5.82 Å². The molecule has 0 aliphatic carbocycles. The number of ether oxygens (including phenoxy) is 1. The van der Waals surface area contributed by atoms with Crippen molar-refractivity contribution >= 4 is 11.9 Å². The number of carboxylic acid groups (broad SMARTS) is 1. The molecule has 0 aliphatic heterocycles. The molecule has 0 fully saturated rings. The Balaban J connectivity index is 1.73. The summed E-state index contributed by atoms with van der Waals surface area (Å²) in [7, 11) is 1.56.